The Hall–Kier alpha value is -1.71. The molecule has 0 saturated heterocycles. The van der Waals surface area contributed by atoms with Gasteiger partial charge in [-0.2, -0.15) is 4.72 Å². The quantitative estimate of drug-likeness (QED) is 0.608. The van der Waals surface area contributed by atoms with E-state index in [0.717, 1.165) is 0 Å². The number of sulfonamides is 1. The molecule has 0 aliphatic heterocycles. The first-order valence-electron chi connectivity index (χ1n) is 4.84. The van der Waals surface area contributed by atoms with Crippen LogP contribution in [0.3, 0.4) is 0 Å². The van der Waals surface area contributed by atoms with Gasteiger partial charge in [0.1, 0.15) is 10.6 Å². The van der Waals surface area contributed by atoms with Crippen LogP contribution in [0.2, 0.25) is 0 Å². The second-order valence-corrected chi connectivity index (χ2v) is 4.90. The number of anilines is 1. The molecule has 0 unspecified atom stereocenters. The van der Waals surface area contributed by atoms with Crippen molar-refractivity contribution in [2.75, 3.05) is 19.4 Å². The van der Waals surface area contributed by atoms with Crippen LogP contribution in [-0.4, -0.2) is 22.1 Å². The maximum absolute atomic E-state index is 11.9. The number of ether oxygens (including phenoxy) is 1. The Labute approximate surface area is 101 Å². The average Bonchev–Trinajstić information content (AvgIpc) is 2.28. The van der Waals surface area contributed by atoms with Crippen molar-refractivity contribution in [2.24, 2.45) is 0 Å². The summed E-state index contributed by atoms with van der Waals surface area (Å²) in [6.07, 6.45) is 0. The van der Waals surface area contributed by atoms with E-state index in [1.54, 1.807) is 6.92 Å². The van der Waals surface area contributed by atoms with Gasteiger partial charge in [0.05, 0.1) is 13.7 Å². The van der Waals surface area contributed by atoms with Crippen molar-refractivity contribution in [3.63, 3.8) is 0 Å². The number of hydrogen-bond acceptors (Lipinski definition) is 4. The van der Waals surface area contributed by atoms with Crippen molar-refractivity contribution in [1.82, 2.24) is 4.72 Å². The third-order valence-corrected chi connectivity index (χ3v) is 3.45. The van der Waals surface area contributed by atoms with Gasteiger partial charge in [-0.05, 0) is 19.1 Å². The van der Waals surface area contributed by atoms with E-state index in [2.05, 4.69) is 16.6 Å². The summed E-state index contributed by atoms with van der Waals surface area (Å²) < 4.78 is 31.1. The Morgan fingerprint density at radius 3 is 2.76 bits per heavy atom. The van der Waals surface area contributed by atoms with E-state index in [-0.39, 0.29) is 17.2 Å². The van der Waals surface area contributed by atoms with Crippen LogP contribution in [0.15, 0.2) is 23.1 Å². The minimum absolute atomic E-state index is 0.0482. The Bertz CT molecular complexity index is 556. The fourth-order valence-electron chi connectivity index (χ4n) is 1.20. The lowest BCUT2D eigenvalue weighted by atomic mass is 10.3. The number of rotatable bonds is 4. The van der Waals surface area contributed by atoms with Crippen molar-refractivity contribution in [1.29, 1.82) is 0 Å². The molecule has 92 valence electrons. The summed E-state index contributed by atoms with van der Waals surface area (Å²) in [5.41, 5.74) is 5.99. The van der Waals surface area contributed by atoms with Gasteiger partial charge < -0.3 is 10.5 Å². The summed E-state index contributed by atoms with van der Waals surface area (Å²) in [5, 5.41) is 0. The molecule has 0 heterocycles. The maximum Gasteiger partial charge on any atom is 0.245 e. The predicted molar refractivity (Wildman–Crippen MR) is 66.0 cm³/mol. The minimum Gasteiger partial charge on any atom is -0.495 e. The zero-order chi connectivity index (χ0) is 12.9. The number of nitrogen functional groups attached to an aromatic ring is 1. The maximum atomic E-state index is 11.9. The van der Waals surface area contributed by atoms with Crippen molar-refractivity contribution >= 4 is 15.7 Å². The molecule has 5 nitrogen and oxygen atoms in total. The fraction of sp³-hybridized carbons (Fsp3) is 0.273. The van der Waals surface area contributed by atoms with Gasteiger partial charge in [0.25, 0.3) is 0 Å². The summed E-state index contributed by atoms with van der Waals surface area (Å²) >= 11 is 0. The Kier molecular flexibility index (Phi) is 4.37. The predicted octanol–water partition coefficient (Wildman–Crippen LogP) is 0.579. The number of nitrogens with one attached hydrogen (secondary N) is 1. The van der Waals surface area contributed by atoms with E-state index >= 15 is 0 Å². The number of hydrogen-bond donors (Lipinski definition) is 2. The molecule has 0 saturated carbocycles. The van der Waals surface area contributed by atoms with Gasteiger partial charge in [-0.3, -0.25) is 0 Å². The first-order valence-corrected chi connectivity index (χ1v) is 6.32. The van der Waals surface area contributed by atoms with E-state index in [4.69, 9.17) is 10.5 Å². The fourth-order valence-corrected chi connectivity index (χ4v) is 2.28. The van der Waals surface area contributed by atoms with Crippen molar-refractivity contribution < 1.29 is 13.2 Å². The summed E-state index contributed by atoms with van der Waals surface area (Å²) in [4.78, 5) is 0.0482. The van der Waals surface area contributed by atoms with Gasteiger partial charge >= 0.3 is 0 Å². The van der Waals surface area contributed by atoms with Crippen LogP contribution in [0.1, 0.15) is 6.92 Å². The van der Waals surface area contributed by atoms with Gasteiger partial charge in [0.2, 0.25) is 10.0 Å². The highest BCUT2D eigenvalue weighted by Crippen LogP contribution is 2.25. The topological polar surface area (TPSA) is 81.4 Å². The highest BCUT2D eigenvalue weighted by Gasteiger charge is 2.18. The lowest BCUT2D eigenvalue weighted by molar-refractivity contribution is 0.402. The first-order chi connectivity index (χ1) is 8.01. The molecule has 0 atom stereocenters. The van der Waals surface area contributed by atoms with Gasteiger partial charge in [-0.15, -0.1) is 5.92 Å². The standard InChI is InChI=1S/C11H14N2O3S/c1-3-4-7-13-17(14,15)11-6-5-9(12)8-10(11)16-2/h5-6,8,13H,7,12H2,1-2H3. The van der Waals surface area contributed by atoms with Crippen LogP contribution < -0.4 is 15.2 Å². The molecule has 0 radical (unpaired) electrons. The summed E-state index contributed by atoms with van der Waals surface area (Å²) in [6.45, 7) is 1.70. The molecule has 0 aliphatic rings. The van der Waals surface area contributed by atoms with Crippen molar-refractivity contribution in [2.45, 2.75) is 11.8 Å². The first kappa shape index (κ1) is 13.4. The molecule has 0 aliphatic carbocycles. The largest absolute Gasteiger partial charge is 0.495 e. The summed E-state index contributed by atoms with van der Waals surface area (Å²) in [5.74, 6) is 5.43. The van der Waals surface area contributed by atoms with Gasteiger partial charge in [0.15, 0.2) is 0 Å². The molecule has 1 rings (SSSR count). The van der Waals surface area contributed by atoms with Gasteiger partial charge in [-0.25, -0.2) is 8.42 Å². The molecule has 0 bridgehead atoms. The van der Waals surface area contributed by atoms with E-state index in [9.17, 15) is 8.42 Å². The third-order valence-electron chi connectivity index (χ3n) is 2.00. The molecule has 17 heavy (non-hydrogen) atoms. The van der Waals surface area contributed by atoms with Crippen LogP contribution in [0.5, 0.6) is 5.75 Å². The van der Waals surface area contributed by atoms with Crippen LogP contribution in [-0.2, 0) is 10.0 Å². The lowest BCUT2D eigenvalue weighted by Gasteiger charge is -2.09. The second kappa shape index (κ2) is 5.57. The van der Waals surface area contributed by atoms with Gasteiger partial charge in [0, 0.05) is 11.8 Å². The smallest absolute Gasteiger partial charge is 0.245 e. The van der Waals surface area contributed by atoms with Crippen LogP contribution in [0.25, 0.3) is 0 Å². The van der Waals surface area contributed by atoms with E-state index < -0.39 is 10.0 Å². The molecule has 3 N–H and O–H groups in total. The van der Waals surface area contributed by atoms with Gasteiger partial charge in [-0.1, -0.05) is 5.92 Å². The zero-order valence-corrected chi connectivity index (χ0v) is 10.5. The highest BCUT2D eigenvalue weighted by atomic mass is 32.2. The zero-order valence-electron chi connectivity index (χ0n) is 9.65. The Morgan fingerprint density at radius 1 is 1.47 bits per heavy atom. The highest BCUT2D eigenvalue weighted by molar-refractivity contribution is 7.89. The molecule has 1 aromatic rings. The second-order valence-electron chi connectivity index (χ2n) is 3.16. The van der Waals surface area contributed by atoms with E-state index in [0.29, 0.717) is 5.69 Å². The molecule has 0 amide bonds. The molecule has 0 aromatic heterocycles. The molecular formula is C11H14N2O3S. The SMILES string of the molecule is CC#CCNS(=O)(=O)c1ccc(N)cc1OC. The number of nitrogens with two attached hydrogens (primary N) is 1. The Balaban J connectivity index is 3.08. The van der Waals surface area contributed by atoms with Crippen LogP contribution >= 0.6 is 0 Å². The van der Waals surface area contributed by atoms with Crippen molar-refractivity contribution in [3.05, 3.63) is 18.2 Å². The monoisotopic (exact) mass is 254 g/mol. The normalized spacial score (nSPS) is 10.5. The molecule has 0 spiro atoms. The molecule has 1 aromatic carbocycles. The van der Waals surface area contributed by atoms with E-state index in [1.807, 2.05) is 0 Å². The average molecular weight is 254 g/mol. The molecule has 0 fully saturated rings. The number of benzene rings is 1. The van der Waals surface area contributed by atoms with Crippen LogP contribution in [0.4, 0.5) is 5.69 Å². The summed E-state index contributed by atoms with van der Waals surface area (Å²) in [7, 11) is -2.24. The minimum atomic E-state index is -3.63. The third kappa shape index (κ3) is 3.37. The van der Waals surface area contributed by atoms with Crippen LogP contribution in [0, 0.1) is 11.8 Å². The van der Waals surface area contributed by atoms with E-state index in [1.165, 1.54) is 25.3 Å². The van der Waals surface area contributed by atoms with Crippen molar-refractivity contribution in [3.8, 4) is 17.6 Å². The number of methoxy groups -OCH3 is 1. The summed E-state index contributed by atoms with van der Waals surface area (Å²) in [6, 6.07) is 4.36. The molecule has 6 heteroatoms. The molecular weight excluding hydrogens is 240 g/mol. The Morgan fingerprint density at radius 2 is 2.18 bits per heavy atom. The lowest BCUT2D eigenvalue weighted by Crippen LogP contribution is -2.24.